The van der Waals surface area contributed by atoms with Gasteiger partial charge in [-0.1, -0.05) is 20.8 Å². The molecule has 0 radical (unpaired) electrons. The molecule has 0 aliphatic carbocycles. The average Bonchev–Trinajstić information content (AvgIpc) is 2.46. The summed E-state index contributed by atoms with van der Waals surface area (Å²) in [5.74, 6) is 0. The highest BCUT2D eigenvalue weighted by Gasteiger charge is 2.39. The molecule has 140 valence electrons. The van der Waals surface area contributed by atoms with Gasteiger partial charge in [-0.25, -0.2) is 0 Å². The van der Waals surface area contributed by atoms with Crippen molar-refractivity contribution in [3.8, 4) is 6.07 Å². The predicted octanol–water partition coefficient (Wildman–Crippen LogP) is 3.97. The molecule has 1 N–H and O–H groups in total. The van der Waals surface area contributed by atoms with Crippen molar-refractivity contribution < 1.29 is 19.0 Å². The summed E-state index contributed by atoms with van der Waals surface area (Å²) in [4.78, 5) is 0. The Morgan fingerprint density at radius 3 is 2.46 bits per heavy atom. The SMILES string of the molecule is C[C@H](C[C@@H](C[C@H](O)C#N)OC1CCCCO1)O[Si](C)(C)C(C)(C)C. The molecule has 1 fully saturated rings. The highest BCUT2D eigenvalue weighted by molar-refractivity contribution is 6.74. The van der Waals surface area contributed by atoms with Crippen molar-refractivity contribution in [2.45, 2.75) is 103 Å². The number of ether oxygens (including phenoxy) is 2. The van der Waals surface area contributed by atoms with E-state index in [0.717, 1.165) is 19.3 Å². The van der Waals surface area contributed by atoms with Gasteiger partial charge in [0.2, 0.25) is 0 Å². The van der Waals surface area contributed by atoms with E-state index < -0.39 is 14.4 Å². The summed E-state index contributed by atoms with van der Waals surface area (Å²) in [5, 5.41) is 18.8. The molecule has 1 unspecified atom stereocenters. The third-order valence-electron chi connectivity index (χ3n) is 5.01. The largest absolute Gasteiger partial charge is 0.414 e. The van der Waals surface area contributed by atoms with E-state index in [1.165, 1.54) is 0 Å². The fourth-order valence-corrected chi connectivity index (χ4v) is 4.10. The average molecular weight is 358 g/mol. The van der Waals surface area contributed by atoms with Crippen molar-refractivity contribution in [3.05, 3.63) is 0 Å². The molecule has 0 spiro atoms. The lowest BCUT2D eigenvalue weighted by Gasteiger charge is -2.39. The summed E-state index contributed by atoms with van der Waals surface area (Å²) in [6.45, 7) is 13.9. The van der Waals surface area contributed by atoms with Crippen molar-refractivity contribution in [2.24, 2.45) is 0 Å². The number of hydrogen-bond donors (Lipinski definition) is 1. The van der Waals surface area contributed by atoms with Gasteiger partial charge in [0.05, 0.1) is 12.2 Å². The Bertz CT molecular complexity index is 410. The molecule has 0 amide bonds. The van der Waals surface area contributed by atoms with E-state index in [1.54, 1.807) is 0 Å². The topological polar surface area (TPSA) is 71.7 Å². The van der Waals surface area contributed by atoms with Gasteiger partial charge in [0.1, 0.15) is 6.10 Å². The van der Waals surface area contributed by atoms with Crippen LogP contribution in [0.15, 0.2) is 0 Å². The van der Waals surface area contributed by atoms with Gasteiger partial charge < -0.3 is 19.0 Å². The fraction of sp³-hybridized carbons (Fsp3) is 0.944. The van der Waals surface area contributed by atoms with E-state index in [4.69, 9.17) is 19.2 Å². The molecule has 24 heavy (non-hydrogen) atoms. The normalized spacial score (nSPS) is 23.3. The zero-order valence-electron chi connectivity index (χ0n) is 16.2. The van der Waals surface area contributed by atoms with E-state index in [9.17, 15) is 5.11 Å². The third kappa shape index (κ3) is 7.20. The molecule has 1 saturated heterocycles. The summed E-state index contributed by atoms with van der Waals surface area (Å²) < 4.78 is 18.1. The monoisotopic (exact) mass is 357 g/mol. The minimum absolute atomic E-state index is 0.0189. The maximum absolute atomic E-state index is 9.72. The van der Waals surface area contributed by atoms with E-state index in [1.807, 2.05) is 6.07 Å². The van der Waals surface area contributed by atoms with Gasteiger partial charge in [0.25, 0.3) is 0 Å². The Hall–Kier alpha value is -0.453. The molecule has 0 bridgehead atoms. The number of aliphatic hydroxyl groups excluding tert-OH is 1. The van der Waals surface area contributed by atoms with Crippen LogP contribution < -0.4 is 0 Å². The Labute approximate surface area is 148 Å². The van der Waals surface area contributed by atoms with Crippen LogP contribution >= 0.6 is 0 Å². The number of nitrogens with zero attached hydrogens (tertiary/aromatic N) is 1. The summed E-state index contributed by atoms with van der Waals surface area (Å²) in [6.07, 6.45) is 2.52. The number of hydrogen-bond acceptors (Lipinski definition) is 5. The highest BCUT2D eigenvalue weighted by Crippen LogP contribution is 2.38. The molecule has 4 atom stereocenters. The molecule has 0 aromatic rings. The molecular formula is C18H35NO4Si. The first-order valence-electron chi connectivity index (χ1n) is 9.07. The van der Waals surface area contributed by atoms with Gasteiger partial charge in [-0.2, -0.15) is 5.26 Å². The lowest BCUT2D eigenvalue weighted by Crippen LogP contribution is -2.44. The lowest BCUT2D eigenvalue weighted by molar-refractivity contribution is -0.196. The second kappa shape index (κ2) is 9.30. The first-order chi connectivity index (χ1) is 11.0. The van der Waals surface area contributed by atoms with E-state index in [-0.39, 0.29) is 23.5 Å². The minimum Gasteiger partial charge on any atom is -0.414 e. The van der Waals surface area contributed by atoms with E-state index >= 15 is 0 Å². The summed E-state index contributed by atoms with van der Waals surface area (Å²) >= 11 is 0. The quantitative estimate of drug-likeness (QED) is 0.525. The smallest absolute Gasteiger partial charge is 0.192 e. The van der Waals surface area contributed by atoms with Gasteiger partial charge in [0, 0.05) is 19.1 Å². The molecule has 5 nitrogen and oxygen atoms in total. The van der Waals surface area contributed by atoms with Crippen LogP contribution in [0.4, 0.5) is 0 Å². The van der Waals surface area contributed by atoms with Gasteiger partial charge >= 0.3 is 0 Å². The summed E-state index contributed by atoms with van der Waals surface area (Å²) in [5.41, 5.74) is 0. The number of rotatable bonds is 8. The van der Waals surface area contributed by atoms with Crippen LogP contribution in [0.3, 0.4) is 0 Å². The van der Waals surface area contributed by atoms with Crippen LogP contribution in [0.2, 0.25) is 18.1 Å². The van der Waals surface area contributed by atoms with E-state index in [0.29, 0.717) is 19.4 Å². The van der Waals surface area contributed by atoms with Crippen molar-refractivity contribution in [1.82, 2.24) is 0 Å². The first kappa shape index (κ1) is 21.6. The number of aliphatic hydroxyl groups is 1. The summed E-state index contributed by atoms with van der Waals surface area (Å²) in [7, 11) is -1.85. The van der Waals surface area contributed by atoms with Crippen LogP contribution in [-0.4, -0.2) is 44.6 Å². The van der Waals surface area contributed by atoms with Crippen LogP contribution in [0.25, 0.3) is 0 Å². The molecule has 0 aromatic heterocycles. The second-order valence-corrected chi connectivity index (χ2v) is 13.1. The molecule has 0 saturated carbocycles. The van der Waals surface area contributed by atoms with Gasteiger partial charge in [0.15, 0.2) is 14.6 Å². The molecule has 1 rings (SSSR count). The molecule has 1 heterocycles. The zero-order chi connectivity index (χ0) is 18.4. The second-order valence-electron chi connectivity index (χ2n) is 8.36. The molecule has 0 aromatic carbocycles. The van der Waals surface area contributed by atoms with Gasteiger partial charge in [-0.3, -0.25) is 0 Å². The predicted molar refractivity (Wildman–Crippen MR) is 97.1 cm³/mol. The standard InChI is InChI=1S/C18H35NO4Si/c1-14(23-24(5,6)18(2,3)4)11-16(12-15(20)13-19)22-17-9-7-8-10-21-17/h14-17,20H,7-12H2,1-6H3/t14-,15+,16+,17?/m1/s1. The van der Waals surface area contributed by atoms with Crippen molar-refractivity contribution in [3.63, 3.8) is 0 Å². The van der Waals surface area contributed by atoms with Crippen LogP contribution in [0.1, 0.15) is 59.8 Å². The van der Waals surface area contributed by atoms with Crippen LogP contribution in [0, 0.1) is 11.3 Å². The van der Waals surface area contributed by atoms with Crippen molar-refractivity contribution in [1.29, 1.82) is 5.26 Å². The Kier molecular flexibility index (Phi) is 8.37. The molecule has 1 aliphatic heterocycles. The third-order valence-corrected chi connectivity index (χ3v) is 9.62. The van der Waals surface area contributed by atoms with Crippen molar-refractivity contribution in [2.75, 3.05) is 6.61 Å². The Morgan fingerprint density at radius 2 is 1.96 bits per heavy atom. The Balaban J connectivity index is 2.63. The fourth-order valence-electron chi connectivity index (χ4n) is 2.64. The van der Waals surface area contributed by atoms with Crippen molar-refractivity contribution >= 4 is 8.32 Å². The van der Waals surface area contributed by atoms with Gasteiger partial charge in [-0.05, 0) is 50.7 Å². The maximum Gasteiger partial charge on any atom is 0.192 e. The number of nitriles is 1. The summed E-state index contributed by atoms with van der Waals surface area (Å²) in [6, 6.07) is 1.88. The van der Waals surface area contributed by atoms with Gasteiger partial charge in [-0.15, -0.1) is 0 Å². The minimum atomic E-state index is -1.85. The first-order valence-corrected chi connectivity index (χ1v) is 12.0. The molecule has 6 heteroatoms. The highest BCUT2D eigenvalue weighted by atomic mass is 28.4. The molecular weight excluding hydrogens is 322 g/mol. The molecule has 1 aliphatic rings. The Morgan fingerprint density at radius 1 is 1.29 bits per heavy atom. The zero-order valence-corrected chi connectivity index (χ0v) is 17.2. The van der Waals surface area contributed by atoms with E-state index in [2.05, 4.69) is 40.8 Å². The van der Waals surface area contributed by atoms with Crippen LogP contribution in [-0.2, 0) is 13.9 Å². The van der Waals surface area contributed by atoms with Crippen LogP contribution in [0.5, 0.6) is 0 Å². The maximum atomic E-state index is 9.72. The lowest BCUT2D eigenvalue weighted by atomic mass is 10.1.